The molecule has 1 N–H and O–H groups in total. The number of rotatable bonds is 4. The molecular weight excluding hydrogens is 234 g/mol. The van der Waals surface area contributed by atoms with E-state index in [0.717, 1.165) is 17.6 Å². The molecule has 19 heavy (non-hydrogen) atoms. The van der Waals surface area contributed by atoms with E-state index >= 15 is 0 Å². The smallest absolute Gasteiger partial charge is 0.123 e. The Hall–Kier alpha value is -1.28. The quantitative estimate of drug-likeness (QED) is 0.832. The zero-order chi connectivity index (χ0) is 13.4. The van der Waals surface area contributed by atoms with Gasteiger partial charge in [-0.15, -0.1) is 0 Å². The Morgan fingerprint density at radius 2 is 2.21 bits per heavy atom. The minimum atomic E-state index is 0.342. The van der Waals surface area contributed by atoms with Gasteiger partial charge in [0.1, 0.15) is 5.75 Å². The van der Waals surface area contributed by atoms with Gasteiger partial charge in [-0.3, -0.25) is 0 Å². The highest BCUT2D eigenvalue weighted by atomic mass is 16.5. The zero-order valence-corrected chi connectivity index (χ0v) is 12.0. The van der Waals surface area contributed by atoms with E-state index in [-0.39, 0.29) is 0 Å². The standard InChI is InChI=1S/C17H23NO/c1-11-7-8-17(19-3)15(9-11)12(2)18-16-10-13-5-4-6-14(13)16/h4,6-9,12-14,16,18H,5,10H2,1-3H3. The van der Waals surface area contributed by atoms with Crippen LogP contribution in [0.5, 0.6) is 5.75 Å². The molecule has 4 atom stereocenters. The lowest BCUT2D eigenvalue weighted by molar-refractivity contribution is 0.152. The molecule has 0 aromatic heterocycles. The molecule has 102 valence electrons. The first-order valence-corrected chi connectivity index (χ1v) is 7.26. The fourth-order valence-corrected chi connectivity index (χ4v) is 3.51. The summed E-state index contributed by atoms with van der Waals surface area (Å²) < 4.78 is 5.49. The van der Waals surface area contributed by atoms with Crippen LogP contribution in [0, 0.1) is 18.8 Å². The fraction of sp³-hybridized carbons (Fsp3) is 0.529. The summed E-state index contributed by atoms with van der Waals surface area (Å²) >= 11 is 0. The third-order valence-electron chi connectivity index (χ3n) is 4.68. The number of aryl methyl sites for hydroxylation is 1. The van der Waals surface area contributed by atoms with Crippen molar-refractivity contribution in [3.8, 4) is 5.75 Å². The third kappa shape index (κ3) is 2.30. The molecule has 1 aromatic carbocycles. The molecule has 0 radical (unpaired) electrons. The molecule has 1 fully saturated rings. The minimum absolute atomic E-state index is 0.342. The van der Waals surface area contributed by atoms with E-state index < -0.39 is 0 Å². The second kappa shape index (κ2) is 5.01. The van der Waals surface area contributed by atoms with Crippen LogP contribution >= 0.6 is 0 Å². The van der Waals surface area contributed by atoms with Crippen molar-refractivity contribution in [2.45, 2.75) is 38.8 Å². The highest BCUT2D eigenvalue weighted by Gasteiger charge is 2.41. The second-order valence-corrected chi connectivity index (χ2v) is 5.98. The van der Waals surface area contributed by atoms with Crippen LogP contribution in [-0.4, -0.2) is 13.2 Å². The molecule has 3 rings (SSSR count). The molecule has 0 bridgehead atoms. The van der Waals surface area contributed by atoms with Crippen molar-refractivity contribution >= 4 is 0 Å². The van der Waals surface area contributed by atoms with E-state index in [2.05, 4.69) is 49.5 Å². The molecule has 1 aromatic rings. The molecule has 2 aliphatic rings. The number of methoxy groups -OCH3 is 1. The molecule has 2 nitrogen and oxygen atoms in total. The van der Waals surface area contributed by atoms with Gasteiger partial charge < -0.3 is 10.1 Å². The Morgan fingerprint density at radius 3 is 2.95 bits per heavy atom. The van der Waals surface area contributed by atoms with E-state index in [1.165, 1.54) is 24.0 Å². The molecule has 1 saturated carbocycles. The summed E-state index contributed by atoms with van der Waals surface area (Å²) in [5.74, 6) is 2.66. The van der Waals surface area contributed by atoms with Gasteiger partial charge in [0.2, 0.25) is 0 Å². The van der Waals surface area contributed by atoms with Gasteiger partial charge in [0.15, 0.2) is 0 Å². The maximum Gasteiger partial charge on any atom is 0.123 e. The SMILES string of the molecule is COc1ccc(C)cc1C(C)NC1CC2CC=CC21. The summed E-state index contributed by atoms with van der Waals surface area (Å²) in [6.07, 6.45) is 7.34. The van der Waals surface area contributed by atoms with Crippen molar-refractivity contribution in [2.75, 3.05) is 7.11 Å². The number of hydrogen-bond donors (Lipinski definition) is 1. The van der Waals surface area contributed by atoms with Crippen LogP contribution in [-0.2, 0) is 0 Å². The number of ether oxygens (including phenoxy) is 1. The first-order chi connectivity index (χ1) is 9.19. The average Bonchev–Trinajstić information content (AvgIpc) is 2.77. The predicted molar refractivity (Wildman–Crippen MR) is 78.4 cm³/mol. The Morgan fingerprint density at radius 1 is 1.37 bits per heavy atom. The van der Waals surface area contributed by atoms with Gasteiger partial charge >= 0.3 is 0 Å². The van der Waals surface area contributed by atoms with E-state index in [1.54, 1.807) is 7.11 Å². The number of benzene rings is 1. The van der Waals surface area contributed by atoms with Gasteiger partial charge in [-0.1, -0.05) is 29.8 Å². The Labute approximate surface area is 115 Å². The molecule has 4 unspecified atom stereocenters. The lowest BCUT2D eigenvalue weighted by Crippen LogP contribution is -2.48. The molecule has 2 aliphatic carbocycles. The number of nitrogens with one attached hydrogen (secondary N) is 1. The van der Waals surface area contributed by atoms with Crippen molar-refractivity contribution in [2.24, 2.45) is 11.8 Å². The predicted octanol–water partition coefficient (Wildman–Crippen LogP) is 3.62. The van der Waals surface area contributed by atoms with Crippen LogP contribution in [0.1, 0.15) is 36.9 Å². The second-order valence-electron chi connectivity index (χ2n) is 5.98. The van der Waals surface area contributed by atoms with E-state index in [4.69, 9.17) is 4.74 Å². The number of hydrogen-bond acceptors (Lipinski definition) is 2. The van der Waals surface area contributed by atoms with Crippen LogP contribution in [0.25, 0.3) is 0 Å². The molecular formula is C17H23NO. The monoisotopic (exact) mass is 257 g/mol. The summed E-state index contributed by atoms with van der Waals surface area (Å²) in [5, 5.41) is 3.77. The highest BCUT2D eigenvalue weighted by molar-refractivity contribution is 5.39. The van der Waals surface area contributed by atoms with Crippen LogP contribution in [0.3, 0.4) is 0 Å². The van der Waals surface area contributed by atoms with Crippen LogP contribution < -0.4 is 10.1 Å². The van der Waals surface area contributed by atoms with Crippen LogP contribution in [0.15, 0.2) is 30.4 Å². The zero-order valence-electron chi connectivity index (χ0n) is 12.0. The van der Waals surface area contributed by atoms with Gasteiger partial charge in [0.05, 0.1) is 7.11 Å². The van der Waals surface area contributed by atoms with Gasteiger partial charge in [-0.05, 0) is 44.6 Å². The topological polar surface area (TPSA) is 21.3 Å². The van der Waals surface area contributed by atoms with Gasteiger partial charge in [0.25, 0.3) is 0 Å². The maximum atomic E-state index is 5.49. The summed E-state index contributed by atoms with van der Waals surface area (Å²) in [6.45, 7) is 4.37. The van der Waals surface area contributed by atoms with Gasteiger partial charge in [-0.25, -0.2) is 0 Å². The van der Waals surface area contributed by atoms with Crippen molar-refractivity contribution in [3.05, 3.63) is 41.5 Å². The maximum absolute atomic E-state index is 5.49. The molecule has 0 aliphatic heterocycles. The van der Waals surface area contributed by atoms with Crippen LogP contribution in [0.2, 0.25) is 0 Å². The van der Waals surface area contributed by atoms with Gasteiger partial charge in [-0.2, -0.15) is 0 Å². The first-order valence-electron chi connectivity index (χ1n) is 7.26. The third-order valence-corrected chi connectivity index (χ3v) is 4.68. The van der Waals surface area contributed by atoms with E-state index in [9.17, 15) is 0 Å². The van der Waals surface area contributed by atoms with Crippen molar-refractivity contribution in [1.82, 2.24) is 5.32 Å². The largest absolute Gasteiger partial charge is 0.496 e. The number of fused-ring (bicyclic) bond motifs is 1. The molecule has 0 heterocycles. The molecule has 2 heteroatoms. The summed E-state index contributed by atoms with van der Waals surface area (Å²) in [5.41, 5.74) is 2.56. The summed E-state index contributed by atoms with van der Waals surface area (Å²) in [4.78, 5) is 0. The lowest BCUT2D eigenvalue weighted by atomic mass is 9.71. The number of allylic oxidation sites excluding steroid dienone is 1. The van der Waals surface area contributed by atoms with Crippen molar-refractivity contribution < 1.29 is 4.74 Å². The Balaban J connectivity index is 1.71. The Kier molecular flexibility index (Phi) is 3.36. The lowest BCUT2D eigenvalue weighted by Gasteiger charge is -2.42. The minimum Gasteiger partial charge on any atom is -0.496 e. The molecule has 0 spiro atoms. The van der Waals surface area contributed by atoms with E-state index in [1.807, 2.05) is 0 Å². The van der Waals surface area contributed by atoms with Gasteiger partial charge in [0, 0.05) is 17.6 Å². The summed E-state index contributed by atoms with van der Waals surface area (Å²) in [6, 6.07) is 7.39. The van der Waals surface area contributed by atoms with Crippen LogP contribution in [0.4, 0.5) is 0 Å². The van der Waals surface area contributed by atoms with E-state index in [0.29, 0.717) is 12.1 Å². The molecule has 0 saturated heterocycles. The fourth-order valence-electron chi connectivity index (χ4n) is 3.51. The average molecular weight is 257 g/mol. The molecule has 0 amide bonds. The van der Waals surface area contributed by atoms with Crippen molar-refractivity contribution in [3.63, 3.8) is 0 Å². The first kappa shape index (κ1) is 12.7. The van der Waals surface area contributed by atoms with Crippen molar-refractivity contribution in [1.29, 1.82) is 0 Å². The normalized spacial score (nSPS) is 29.7. The highest BCUT2D eigenvalue weighted by Crippen LogP contribution is 2.43. The summed E-state index contributed by atoms with van der Waals surface area (Å²) in [7, 11) is 1.75. The Bertz CT molecular complexity index is 494.